The molecule has 0 radical (unpaired) electrons. The van der Waals surface area contributed by atoms with Gasteiger partial charge in [0.25, 0.3) is 0 Å². The lowest BCUT2D eigenvalue weighted by atomic mass is 9.90. The van der Waals surface area contributed by atoms with Gasteiger partial charge in [0.15, 0.2) is 5.82 Å². The second-order valence-electron chi connectivity index (χ2n) is 4.91. The van der Waals surface area contributed by atoms with Gasteiger partial charge < -0.3 is 15.7 Å². The van der Waals surface area contributed by atoms with E-state index in [-0.39, 0.29) is 12.0 Å². The van der Waals surface area contributed by atoms with Crippen LogP contribution in [0.5, 0.6) is 0 Å². The zero-order valence-corrected chi connectivity index (χ0v) is 11.9. The molecule has 0 unspecified atom stereocenters. The minimum absolute atomic E-state index is 0.0125. The molecule has 1 rings (SSSR count). The van der Waals surface area contributed by atoms with Crippen molar-refractivity contribution in [1.29, 1.82) is 0 Å². The molecule has 0 bridgehead atoms. The van der Waals surface area contributed by atoms with Gasteiger partial charge in [-0.3, -0.25) is 0 Å². The molecule has 3 N–H and O–H groups in total. The van der Waals surface area contributed by atoms with E-state index in [1.54, 1.807) is 6.20 Å². The van der Waals surface area contributed by atoms with Crippen LogP contribution in [0.4, 0.5) is 11.8 Å². The molecular weight excluding hydrogens is 252 g/mol. The maximum atomic E-state index is 8.98. The quantitative estimate of drug-likeness (QED) is 0.711. The predicted molar refractivity (Wildman–Crippen MR) is 75.2 cm³/mol. The highest BCUT2D eigenvalue weighted by Crippen LogP contribution is 2.24. The normalized spacial score (nSPS) is 11.4. The van der Waals surface area contributed by atoms with Crippen LogP contribution in [0.25, 0.3) is 0 Å². The fourth-order valence-electron chi connectivity index (χ4n) is 1.45. The standard InChI is InChI=1S/C12H21ClN4O/c1-4-14-11-15-7-9(13)10(17-11)16-8-12(2,3)5-6-18/h7,18H,4-6,8H2,1-3H3,(H2,14,15,16,17). The van der Waals surface area contributed by atoms with Gasteiger partial charge in [0, 0.05) is 19.7 Å². The molecule has 6 heteroatoms. The average molecular weight is 273 g/mol. The van der Waals surface area contributed by atoms with Crippen LogP contribution >= 0.6 is 11.6 Å². The number of aromatic nitrogens is 2. The van der Waals surface area contributed by atoms with E-state index in [0.29, 0.717) is 23.3 Å². The fourth-order valence-corrected chi connectivity index (χ4v) is 1.61. The number of hydrogen-bond acceptors (Lipinski definition) is 5. The Labute approximate surface area is 113 Å². The Hall–Kier alpha value is -1.07. The van der Waals surface area contributed by atoms with Crippen LogP contribution in [0.1, 0.15) is 27.2 Å². The van der Waals surface area contributed by atoms with Gasteiger partial charge >= 0.3 is 0 Å². The van der Waals surface area contributed by atoms with E-state index >= 15 is 0 Å². The van der Waals surface area contributed by atoms with Crippen LogP contribution in [0.2, 0.25) is 5.02 Å². The van der Waals surface area contributed by atoms with Gasteiger partial charge in [-0.05, 0) is 18.8 Å². The summed E-state index contributed by atoms with van der Waals surface area (Å²) in [6.07, 6.45) is 2.30. The van der Waals surface area contributed by atoms with Crippen LogP contribution in [0.3, 0.4) is 0 Å². The third-order valence-electron chi connectivity index (χ3n) is 2.60. The first-order chi connectivity index (χ1) is 8.48. The summed E-state index contributed by atoms with van der Waals surface area (Å²) < 4.78 is 0. The number of rotatable bonds is 7. The third kappa shape index (κ3) is 4.66. The summed E-state index contributed by atoms with van der Waals surface area (Å²) >= 11 is 6.04. The van der Waals surface area contributed by atoms with Gasteiger partial charge in [0.1, 0.15) is 5.02 Å². The topological polar surface area (TPSA) is 70.1 Å². The average Bonchev–Trinajstić information content (AvgIpc) is 2.30. The van der Waals surface area contributed by atoms with Crippen LogP contribution in [0, 0.1) is 5.41 Å². The summed E-state index contributed by atoms with van der Waals surface area (Å²) in [6, 6.07) is 0. The van der Waals surface area contributed by atoms with Gasteiger partial charge in [-0.15, -0.1) is 0 Å². The number of halogens is 1. The van der Waals surface area contributed by atoms with Crippen LogP contribution in [-0.2, 0) is 0 Å². The maximum Gasteiger partial charge on any atom is 0.224 e. The molecule has 0 aliphatic heterocycles. The zero-order chi connectivity index (χ0) is 13.6. The lowest BCUT2D eigenvalue weighted by molar-refractivity contribution is 0.220. The van der Waals surface area contributed by atoms with Crippen LogP contribution in [0.15, 0.2) is 6.20 Å². The van der Waals surface area contributed by atoms with E-state index in [4.69, 9.17) is 16.7 Å². The number of hydrogen-bond donors (Lipinski definition) is 3. The lowest BCUT2D eigenvalue weighted by Crippen LogP contribution is -2.25. The molecule has 0 aliphatic rings. The van der Waals surface area contributed by atoms with E-state index in [1.807, 2.05) is 6.92 Å². The minimum Gasteiger partial charge on any atom is -0.396 e. The Morgan fingerprint density at radius 1 is 1.39 bits per heavy atom. The van der Waals surface area contributed by atoms with Gasteiger partial charge in [-0.2, -0.15) is 4.98 Å². The van der Waals surface area contributed by atoms with Crippen molar-refractivity contribution in [2.45, 2.75) is 27.2 Å². The molecule has 0 spiro atoms. The monoisotopic (exact) mass is 272 g/mol. The molecule has 5 nitrogen and oxygen atoms in total. The molecule has 102 valence electrons. The van der Waals surface area contributed by atoms with E-state index in [2.05, 4.69) is 34.4 Å². The molecule has 18 heavy (non-hydrogen) atoms. The first kappa shape index (κ1) is 15.0. The van der Waals surface area contributed by atoms with Gasteiger partial charge in [0.2, 0.25) is 5.95 Å². The van der Waals surface area contributed by atoms with E-state index in [9.17, 15) is 0 Å². The van der Waals surface area contributed by atoms with Crippen molar-refractivity contribution >= 4 is 23.4 Å². The fraction of sp³-hybridized carbons (Fsp3) is 0.667. The van der Waals surface area contributed by atoms with Crippen molar-refractivity contribution in [1.82, 2.24) is 9.97 Å². The minimum atomic E-state index is -0.0125. The van der Waals surface area contributed by atoms with Crippen LogP contribution in [-0.4, -0.2) is 34.8 Å². The molecule has 0 atom stereocenters. The SMILES string of the molecule is CCNc1ncc(Cl)c(NCC(C)(C)CCO)n1. The van der Waals surface area contributed by atoms with Crippen molar-refractivity contribution in [3.63, 3.8) is 0 Å². The highest BCUT2D eigenvalue weighted by molar-refractivity contribution is 6.32. The molecule has 0 saturated heterocycles. The smallest absolute Gasteiger partial charge is 0.224 e. The lowest BCUT2D eigenvalue weighted by Gasteiger charge is -2.24. The molecule has 0 aliphatic carbocycles. The zero-order valence-electron chi connectivity index (χ0n) is 11.1. The van der Waals surface area contributed by atoms with Crippen molar-refractivity contribution in [3.05, 3.63) is 11.2 Å². The summed E-state index contributed by atoms with van der Waals surface area (Å²) in [5.74, 6) is 1.18. The van der Waals surface area contributed by atoms with Crippen molar-refractivity contribution in [2.75, 3.05) is 30.3 Å². The first-order valence-electron chi connectivity index (χ1n) is 6.09. The van der Waals surface area contributed by atoms with Gasteiger partial charge in [-0.25, -0.2) is 4.98 Å². The largest absolute Gasteiger partial charge is 0.396 e. The molecule has 1 heterocycles. The van der Waals surface area contributed by atoms with Crippen molar-refractivity contribution in [2.24, 2.45) is 5.41 Å². The summed E-state index contributed by atoms with van der Waals surface area (Å²) in [5, 5.41) is 15.7. The molecule has 0 fully saturated rings. The number of aliphatic hydroxyl groups excluding tert-OH is 1. The second kappa shape index (κ2) is 6.75. The number of aliphatic hydroxyl groups is 1. The van der Waals surface area contributed by atoms with E-state index in [1.165, 1.54) is 0 Å². The molecule has 0 saturated carbocycles. The third-order valence-corrected chi connectivity index (χ3v) is 2.88. The van der Waals surface area contributed by atoms with Crippen molar-refractivity contribution in [3.8, 4) is 0 Å². The summed E-state index contributed by atoms with van der Waals surface area (Å²) in [5.41, 5.74) is -0.0125. The first-order valence-corrected chi connectivity index (χ1v) is 6.47. The van der Waals surface area contributed by atoms with Gasteiger partial charge in [-0.1, -0.05) is 25.4 Å². The van der Waals surface area contributed by atoms with Crippen molar-refractivity contribution < 1.29 is 5.11 Å². The predicted octanol–water partition coefficient (Wildman–Crippen LogP) is 2.38. The number of nitrogens with zero attached hydrogens (tertiary/aromatic N) is 2. The Morgan fingerprint density at radius 2 is 2.11 bits per heavy atom. The second-order valence-corrected chi connectivity index (χ2v) is 5.32. The van der Waals surface area contributed by atoms with E-state index in [0.717, 1.165) is 13.0 Å². The molecule has 0 amide bonds. The molecule has 1 aromatic heterocycles. The summed E-state index contributed by atoms with van der Waals surface area (Å²) in [4.78, 5) is 8.37. The molecule has 1 aromatic rings. The van der Waals surface area contributed by atoms with Gasteiger partial charge in [0.05, 0.1) is 6.20 Å². The maximum absolute atomic E-state index is 8.98. The Morgan fingerprint density at radius 3 is 2.72 bits per heavy atom. The molecular formula is C12H21ClN4O. The van der Waals surface area contributed by atoms with Crippen LogP contribution < -0.4 is 10.6 Å². The molecule has 0 aromatic carbocycles. The number of anilines is 2. The summed E-state index contributed by atoms with van der Waals surface area (Å²) in [7, 11) is 0. The Bertz CT molecular complexity index is 384. The summed E-state index contributed by atoms with van der Waals surface area (Å²) in [6.45, 7) is 7.77. The number of nitrogens with one attached hydrogen (secondary N) is 2. The highest BCUT2D eigenvalue weighted by Gasteiger charge is 2.17. The van der Waals surface area contributed by atoms with E-state index < -0.39 is 0 Å². The highest BCUT2D eigenvalue weighted by atomic mass is 35.5. The Kier molecular flexibility index (Phi) is 5.62. The Balaban J connectivity index is 2.68.